The van der Waals surface area contributed by atoms with Gasteiger partial charge in [0.05, 0.1) is 39.6 Å². The summed E-state index contributed by atoms with van der Waals surface area (Å²) in [5, 5.41) is 8.33. The van der Waals surface area contributed by atoms with Crippen LogP contribution < -0.4 is 0 Å². The zero-order valence-electron chi connectivity index (χ0n) is 9.51. The van der Waals surface area contributed by atoms with E-state index in [1.54, 1.807) is 0 Å². The molecule has 0 aliphatic rings. The third kappa shape index (κ3) is 7.75. The third-order valence-corrected chi connectivity index (χ3v) is 1.68. The Labute approximate surface area is 101 Å². The summed E-state index contributed by atoms with van der Waals surface area (Å²) in [7, 11) is 0. The monoisotopic (exact) mass is 282 g/mol. The van der Waals surface area contributed by atoms with Gasteiger partial charge in [-0.05, 0) is 0 Å². The Morgan fingerprint density at radius 1 is 0.722 bits per heavy atom. The first kappa shape index (κ1) is 17.5. The Balaban J connectivity index is 3.41. The van der Waals surface area contributed by atoms with Gasteiger partial charge in [0, 0.05) is 0 Å². The summed E-state index contributed by atoms with van der Waals surface area (Å²) in [5.41, 5.74) is 0. The van der Waals surface area contributed by atoms with Crippen molar-refractivity contribution in [2.24, 2.45) is 0 Å². The lowest BCUT2D eigenvalue weighted by Crippen LogP contribution is -2.41. The van der Waals surface area contributed by atoms with E-state index in [1.807, 2.05) is 0 Å². The summed E-state index contributed by atoms with van der Waals surface area (Å²) < 4.78 is 73.5. The van der Waals surface area contributed by atoms with Gasteiger partial charge in [-0.3, -0.25) is 0 Å². The highest BCUT2D eigenvalue weighted by Crippen LogP contribution is 2.35. The number of aliphatic hydroxyl groups is 1. The van der Waals surface area contributed by atoms with Crippen molar-refractivity contribution in [1.29, 1.82) is 0 Å². The Kier molecular flexibility index (Phi) is 8.32. The van der Waals surface area contributed by atoms with Gasteiger partial charge in [0.2, 0.25) is 0 Å². The van der Waals surface area contributed by atoms with E-state index < -0.39 is 18.7 Å². The topological polar surface area (TPSA) is 47.9 Å². The normalized spacial score (nSPS) is 13.0. The van der Waals surface area contributed by atoms with Gasteiger partial charge >= 0.3 is 12.1 Å². The molecule has 0 unspecified atom stereocenters. The van der Waals surface area contributed by atoms with E-state index in [4.69, 9.17) is 14.6 Å². The van der Waals surface area contributed by atoms with E-state index in [0.29, 0.717) is 0 Å². The molecule has 0 aromatic heterocycles. The van der Waals surface area contributed by atoms with E-state index in [1.165, 1.54) is 0 Å². The molecule has 4 nitrogen and oxygen atoms in total. The second kappa shape index (κ2) is 8.57. The lowest BCUT2D eigenvalue weighted by molar-refractivity contribution is -0.297. The maximum absolute atomic E-state index is 12.3. The van der Waals surface area contributed by atoms with E-state index in [0.717, 1.165) is 0 Å². The van der Waals surface area contributed by atoms with Crippen LogP contribution in [0.3, 0.4) is 0 Å². The van der Waals surface area contributed by atoms with Crippen molar-refractivity contribution in [2.75, 3.05) is 46.2 Å². The molecule has 9 heteroatoms. The molecule has 0 amide bonds. The van der Waals surface area contributed by atoms with E-state index in [2.05, 4.69) is 4.74 Å². The van der Waals surface area contributed by atoms with E-state index >= 15 is 0 Å². The lowest BCUT2D eigenvalue weighted by atomic mass is 10.3. The van der Waals surface area contributed by atoms with Gasteiger partial charge in [0.15, 0.2) is 0 Å². The maximum atomic E-state index is 12.3. The zero-order chi connectivity index (χ0) is 14.1. The molecule has 0 aliphatic heterocycles. The summed E-state index contributed by atoms with van der Waals surface area (Å²) in [6.45, 7) is -1.85. The van der Waals surface area contributed by atoms with Crippen LogP contribution in [0.15, 0.2) is 0 Å². The number of ether oxygens (including phenoxy) is 3. The van der Waals surface area contributed by atoms with Crippen LogP contribution >= 0.6 is 0 Å². The minimum atomic E-state index is -5.61. The predicted molar refractivity (Wildman–Crippen MR) is 50.5 cm³/mol. The van der Waals surface area contributed by atoms with Crippen LogP contribution in [0.25, 0.3) is 0 Å². The molecule has 0 aliphatic carbocycles. The first-order valence-corrected chi connectivity index (χ1v) is 5.10. The van der Waals surface area contributed by atoms with Gasteiger partial charge in [-0.2, -0.15) is 22.0 Å². The SMILES string of the molecule is OCCOCCOCCOCC(F)(F)C(F)(F)F. The van der Waals surface area contributed by atoms with Crippen LogP contribution in [0, 0.1) is 0 Å². The van der Waals surface area contributed by atoms with E-state index in [-0.39, 0.29) is 39.6 Å². The Morgan fingerprint density at radius 2 is 1.17 bits per heavy atom. The van der Waals surface area contributed by atoms with Crippen LogP contribution in [0.4, 0.5) is 22.0 Å². The summed E-state index contributed by atoms with van der Waals surface area (Å²) in [4.78, 5) is 0. The Hall–Kier alpha value is -0.510. The molecule has 1 N–H and O–H groups in total. The van der Waals surface area contributed by atoms with Crippen molar-refractivity contribution in [3.8, 4) is 0 Å². The van der Waals surface area contributed by atoms with Gasteiger partial charge in [-0.1, -0.05) is 0 Å². The molecule has 0 rings (SSSR count). The van der Waals surface area contributed by atoms with Gasteiger partial charge in [0.1, 0.15) is 6.61 Å². The average molecular weight is 282 g/mol. The molecule has 0 fully saturated rings. The summed E-state index contributed by atoms with van der Waals surface area (Å²) in [6.07, 6.45) is -5.61. The van der Waals surface area contributed by atoms with Crippen LogP contribution in [0.2, 0.25) is 0 Å². The van der Waals surface area contributed by atoms with Gasteiger partial charge in [-0.15, -0.1) is 0 Å². The van der Waals surface area contributed by atoms with Crippen molar-refractivity contribution in [2.45, 2.75) is 12.1 Å². The average Bonchev–Trinajstić information content (AvgIpc) is 2.25. The molecule has 0 aromatic rings. The first-order chi connectivity index (χ1) is 8.31. The minimum Gasteiger partial charge on any atom is -0.394 e. The second-order valence-electron chi connectivity index (χ2n) is 3.20. The molecular weight excluding hydrogens is 267 g/mol. The lowest BCUT2D eigenvalue weighted by Gasteiger charge is -2.19. The molecule has 0 saturated carbocycles. The van der Waals surface area contributed by atoms with Gasteiger partial charge in [-0.25, -0.2) is 0 Å². The van der Waals surface area contributed by atoms with Crippen LogP contribution in [0.5, 0.6) is 0 Å². The quantitative estimate of drug-likeness (QED) is 0.483. The van der Waals surface area contributed by atoms with Crippen LogP contribution in [-0.2, 0) is 14.2 Å². The Morgan fingerprint density at radius 3 is 1.61 bits per heavy atom. The summed E-state index contributed by atoms with van der Waals surface area (Å²) >= 11 is 0. The van der Waals surface area contributed by atoms with Gasteiger partial charge in [0.25, 0.3) is 0 Å². The van der Waals surface area contributed by atoms with Crippen molar-refractivity contribution in [1.82, 2.24) is 0 Å². The standard InChI is InChI=1S/C9H15F5O4/c10-8(11,9(12,13)14)7-18-6-5-17-4-3-16-2-1-15/h15H,1-7H2. The number of halogens is 5. The maximum Gasteiger partial charge on any atom is 0.455 e. The summed E-state index contributed by atoms with van der Waals surface area (Å²) in [6, 6.07) is 0. The molecule has 0 heterocycles. The molecule has 0 atom stereocenters. The molecular formula is C9H15F5O4. The number of alkyl halides is 5. The fourth-order valence-corrected chi connectivity index (χ4v) is 0.787. The molecule has 0 aromatic carbocycles. The molecule has 110 valence electrons. The van der Waals surface area contributed by atoms with Crippen LogP contribution in [0.1, 0.15) is 0 Å². The molecule has 0 saturated heterocycles. The zero-order valence-corrected chi connectivity index (χ0v) is 9.51. The highest BCUT2D eigenvalue weighted by atomic mass is 19.4. The summed E-state index contributed by atoms with van der Waals surface area (Å²) in [5.74, 6) is -4.85. The van der Waals surface area contributed by atoms with Crippen molar-refractivity contribution < 1.29 is 41.3 Å². The number of aliphatic hydroxyl groups excluding tert-OH is 1. The molecule has 18 heavy (non-hydrogen) atoms. The largest absolute Gasteiger partial charge is 0.455 e. The highest BCUT2D eigenvalue weighted by molar-refractivity contribution is 4.74. The highest BCUT2D eigenvalue weighted by Gasteiger charge is 2.57. The number of hydrogen-bond donors (Lipinski definition) is 1. The molecule has 0 radical (unpaired) electrons. The number of hydrogen-bond acceptors (Lipinski definition) is 4. The Bertz CT molecular complexity index is 210. The predicted octanol–water partition coefficient (Wildman–Crippen LogP) is 1.23. The smallest absolute Gasteiger partial charge is 0.394 e. The van der Waals surface area contributed by atoms with Crippen molar-refractivity contribution in [3.63, 3.8) is 0 Å². The fraction of sp³-hybridized carbons (Fsp3) is 1.00. The fourth-order valence-electron chi connectivity index (χ4n) is 0.787. The molecule has 0 spiro atoms. The van der Waals surface area contributed by atoms with Crippen LogP contribution in [-0.4, -0.2) is 63.5 Å². The van der Waals surface area contributed by atoms with Crippen molar-refractivity contribution >= 4 is 0 Å². The minimum absolute atomic E-state index is 0.115. The van der Waals surface area contributed by atoms with E-state index in [9.17, 15) is 22.0 Å². The second-order valence-corrected chi connectivity index (χ2v) is 3.20. The van der Waals surface area contributed by atoms with Gasteiger partial charge < -0.3 is 19.3 Å². The van der Waals surface area contributed by atoms with Crippen molar-refractivity contribution in [3.05, 3.63) is 0 Å². The number of rotatable bonds is 10. The third-order valence-electron chi connectivity index (χ3n) is 1.68. The first-order valence-electron chi connectivity index (χ1n) is 5.10. The molecule has 0 bridgehead atoms.